The molecule has 3 aromatic rings. The Balaban J connectivity index is 1.47. The molecule has 0 heterocycles. The van der Waals surface area contributed by atoms with Crippen LogP contribution in [0.3, 0.4) is 0 Å². The lowest BCUT2D eigenvalue weighted by Gasteiger charge is -2.21. The standard InChI is InChI=1S/C23H24FNO/c1-15(20-8-4-6-16-5-2-3-7-21(16)20)25-19-11-9-17(13-19)18-10-12-23(26)22(24)14-18/h2-8,10,12,14-15,17,19,25-26H,9,11,13H2,1H3/t15-,17?,19?/m1/s1. The number of hydrogen-bond acceptors (Lipinski definition) is 2. The maximum absolute atomic E-state index is 13.6. The average molecular weight is 349 g/mol. The number of fused-ring (bicyclic) bond motifs is 1. The van der Waals surface area contributed by atoms with Crippen molar-refractivity contribution in [3.63, 3.8) is 0 Å². The van der Waals surface area contributed by atoms with E-state index in [1.807, 2.05) is 6.07 Å². The van der Waals surface area contributed by atoms with Crippen molar-refractivity contribution < 1.29 is 9.50 Å². The molecule has 26 heavy (non-hydrogen) atoms. The zero-order valence-electron chi connectivity index (χ0n) is 15.0. The van der Waals surface area contributed by atoms with Crippen LogP contribution in [0.1, 0.15) is 49.3 Å². The summed E-state index contributed by atoms with van der Waals surface area (Å²) in [5.41, 5.74) is 2.31. The molecule has 1 saturated carbocycles. The summed E-state index contributed by atoms with van der Waals surface area (Å²) in [5, 5.41) is 15.7. The molecule has 4 rings (SSSR count). The largest absolute Gasteiger partial charge is 0.505 e. The molecular formula is C23H24FNO. The molecule has 2 N–H and O–H groups in total. The Bertz CT molecular complexity index is 918. The highest BCUT2D eigenvalue weighted by atomic mass is 19.1. The fraction of sp³-hybridized carbons (Fsp3) is 0.304. The topological polar surface area (TPSA) is 32.3 Å². The van der Waals surface area contributed by atoms with Gasteiger partial charge in [-0.1, -0.05) is 48.5 Å². The smallest absolute Gasteiger partial charge is 0.165 e. The van der Waals surface area contributed by atoms with Crippen LogP contribution in [0.25, 0.3) is 10.8 Å². The number of aromatic hydroxyl groups is 1. The van der Waals surface area contributed by atoms with Gasteiger partial charge in [0.2, 0.25) is 0 Å². The summed E-state index contributed by atoms with van der Waals surface area (Å²) in [5.74, 6) is -0.448. The first-order chi connectivity index (χ1) is 12.6. The van der Waals surface area contributed by atoms with E-state index >= 15 is 0 Å². The Kier molecular flexibility index (Phi) is 4.64. The lowest BCUT2D eigenvalue weighted by atomic mass is 9.96. The molecule has 0 spiro atoms. The van der Waals surface area contributed by atoms with Gasteiger partial charge in [0.1, 0.15) is 0 Å². The van der Waals surface area contributed by atoms with Gasteiger partial charge < -0.3 is 10.4 Å². The minimum Gasteiger partial charge on any atom is -0.505 e. The van der Waals surface area contributed by atoms with Crippen LogP contribution in [-0.4, -0.2) is 11.1 Å². The predicted octanol–water partition coefficient (Wildman–Crippen LogP) is 5.67. The van der Waals surface area contributed by atoms with E-state index in [0.29, 0.717) is 12.0 Å². The van der Waals surface area contributed by atoms with Gasteiger partial charge in [-0.15, -0.1) is 0 Å². The molecule has 0 amide bonds. The molecule has 1 fully saturated rings. The predicted molar refractivity (Wildman–Crippen MR) is 104 cm³/mol. The van der Waals surface area contributed by atoms with Gasteiger partial charge in [-0.25, -0.2) is 4.39 Å². The van der Waals surface area contributed by atoms with Crippen LogP contribution >= 0.6 is 0 Å². The molecule has 3 heteroatoms. The first-order valence-electron chi connectivity index (χ1n) is 9.34. The fourth-order valence-electron chi connectivity index (χ4n) is 4.28. The van der Waals surface area contributed by atoms with Gasteiger partial charge >= 0.3 is 0 Å². The molecular weight excluding hydrogens is 325 g/mol. The van der Waals surface area contributed by atoms with Crippen molar-refractivity contribution in [2.45, 2.75) is 44.2 Å². The number of benzene rings is 3. The maximum atomic E-state index is 13.6. The van der Waals surface area contributed by atoms with Crippen LogP contribution in [0.5, 0.6) is 5.75 Å². The summed E-state index contributed by atoms with van der Waals surface area (Å²) in [6.45, 7) is 2.22. The Morgan fingerprint density at radius 3 is 2.69 bits per heavy atom. The van der Waals surface area contributed by atoms with Gasteiger partial charge in [0, 0.05) is 12.1 Å². The average Bonchev–Trinajstić information content (AvgIpc) is 3.12. The molecule has 0 radical (unpaired) electrons. The van der Waals surface area contributed by atoms with Crippen LogP contribution in [-0.2, 0) is 0 Å². The number of rotatable bonds is 4. The van der Waals surface area contributed by atoms with Gasteiger partial charge in [-0.3, -0.25) is 0 Å². The molecule has 1 aliphatic carbocycles. The van der Waals surface area contributed by atoms with Gasteiger partial charge in [-0.05, 0) is 66.1 Å². The quantitative estimate of drug-likeness (QED) is 0.636. The summed E-state index contributed by atoms with van der Waals surface area (Å²) in [7, 11) is 0. The molecule has 0 aromatic heterocycles. The van der Waals surface area contributed by atoms with Crippen molar-refractivity contribution >= 4 is 10.8 Å². The first-order valence-corrected chi connectivity index (χ1v) is 9.34. The van der Waals surface area contributed by atoms with Crippen LogP contribution in [0, 0.1) is 5.82 Å². The van der Waals surface area contributed by atoms with Crippen molar-refractivity contribution in [1.29, 1.82) is 0 Å². The second-order valence-corrected chi connectivity index (χ2v) is 7.37. The van der Waals surface area contributed by atoms with Crippen LogP contribution in [0.4, 0.5) is 4.39 Å². The van der Waals surface area contributed by atoms with E-state index in [1.165, 1.54) is 28.5 Å². The van der Waals surface area contributed by atoms with Crippen LogP contribution < -0.4 is 5.32 Å². The summed E-state index contributed by atoms with van der Waals surface area (Å²) in [6, 6.07) is 20.4. The van der Waals surface area contributed by atoms with Crippen molar-refractivity contribution in [2.75, 3.05) is 0 Å². The lowest BCUT2D eigenvalue weighted by molar-refractivity contribution is 0.430. The van der Waals surface area contributed by atoms with Crippen LogP contribution in [0.2, 0.25) is 0 Å². The number of nitrogens with one attached hydrogen (secondary N) is 1. The summed E-state index contributed by atoms with van der Waals surface area (Å²) in [4.78, 5) is 0. The SMILES string of the molecule is C[C@@H](NC1CCC(c2ccc(O)c(F)c2)C1)c1cccc2ccccc12. The lowest BCUT2D eigenvalue weighted by Crippen LogP contribution is -2.29. The Hall–Kier alpha value is -2.39. The zero-order valence-corrected chi connectivity index (χ0v) is 15.0. The van der Waals surface area contributed by atoms with Crippen molar-refractivity contribution in [3.8, 4) is 5.75 Å². The van der Waals surface area contributed by atoms with Crippen molar-refractivity contribution in [1.82, 2.24) is 5.32 Å². The third kappa shape index (κ3) is 3.32. The number of hydrogen-bond donors (Lipinski definition) is 2. The zero-order chi connectivity index (χ0) is 18.1. The van der Waals surface area contributed by atoms with E-state index in [4.69, 9.17) is 0 Å². The molecule has 0 bridgehead atoms. The summed E-state index contributed by atoms with van der Waals surface area (Å²) < 4.78 is 13.6. The number of halogens is 1. The third-order valence-corrected chi connectivity index (χ3v) is 5.65. The van der Waals surface area contributed by atoms with E-state index in [1.54, 1.807) is 0 Å². The number of phenolic OH excluding ortho intramolecular Hbond substituents is 1. The molecule has 2 unspecified atom stereocenters. The van der Waals surface area contributed by atoms with Crippen LogP contribution in [0.15, 0.2) is 60.7 Å². The number of phenols is 1. The Morgan fingerprint density at radius 1 is 1.04 bits per heavy atom. The normalized spacial score (nSPS) is 21.2. The minimum absolute atomic E-state index is 0.265. The van der Waals surface area contributed by atoms with Crippen molar-refractivity contribution in [2.24, 2.45) is 0 Å². The second-order valence-electron chi connectivity index (χ2n) is 7.37. The second kappa shape index (κ2) is 7.08. The van der Waals surface area contributed by atoms with E-state index in [9.17, 15) is 9.50 Å². The highest BCUT2D eigenvalue weighted by Gasteiger charge is 2.27. The van der Waals surface area contributed by atoms with Gasteiger partial charge in [0.25, 0.3) is 0 Å². The van der Waals surface area contributed by atoms with E-state index in [-0.39, 0.29) is 11.8 Å². The maximum Gasteiger partial charge on any atom is 0.165 e. The highest BCUT2D eigenvalue weighted by molar-refractivity contribution is 5.86. The molecule has 0 saturated heterocycles. The molecule has 134 valence electrons. The first kappa shape index (κ1) is 17.0. The van der Waals surface area contributed by atoms with E-state index in [0.717, 1.165) is 24.8 Å². The van der Waals surface area contributed by atoms with Crippen molar-refractivity contribution in [3.05, 3.63) is 77.6 Å². The van der Waals surface area contributed by atoms with Gasteiger partial charge in [0.15, 0.2) is 11.6 Å². The summed E-state index contributed by atoms with van der Waals surface area (Å²) >= 11 is 0. The third-order valence-electron chi connectivity index (χ3n) is 5.65. The fourth-order valence-corrected chi connectivity index (χ4v) is 4.28. The Labute approximate surface area is 153 Å². The molecule has 2 nitrogen and oxygen atoms in total. The van der Waals surface area contributed by atoms with E-state index in [2.05, 4.69) is 54.7 Å². The molecule has 3 aromatic carbocycles. The van der Waals surface area contributed by atoms with E-state index < -0.39 is 5.82 Å². The molecule has 1 aliphatic rings. The molecule has 0 aliphatic heterocycles. The summed E-state index contributed by atoms with van der Waals surface area (Å²) in [6.07, 6.45) is 3.13. The van der Waals surface area contributed by atoms with Gasteiger partial charge in [-0.2, -0.15) is 0 Å². The highest BCUT2D eigenvalue weighted by Crippen LogP contribution is 2.37. The Morgan fingerprint density at radius 2 is 1.85 bits per heavy atom. The van der Waals surface area contributed by atoms with Gasteiger partial charge in [0.05, 0.1) is 0 Å². The minimum atomic E-state index is -0.525. The molecule has 3 atom stereocenters. The monoisotopic (exact) mass is 349 g/mol.